The highest BCUT2D eigenvalue weighted by Crippen LogP contribution is 2.30. The van der Waals surface area contributed by atoms with Gasteiger partial charge in [-0.2, -0.15) is 0 Å². The van der Waals surface area contributed by atoms with Gasteiger partial charge >= 0.3 is 0 Å². The third-order valence-corrected chi connectivity index (χ3v) is 3.68. The van der Waals surface area contributed by atoms with Crippen molar-refractivity contribution in [3.63, 3.8) is 0 Å². The summed E-state index contributed by atoms with van der Waals surface area (Å²) < 4.78 is 13.0. The number of amides is 1. The van der Waals surface area contributed by atoms with Crippen LogP contribution in [-0.4, -0.2) is 17.9 Å². The molecule has 2 aliphatic rings. The van der Waals surface area contributed by atoms with Crippen molar-refractivity contribution >= 4 is 11.9 Å². The van der Waals surface area contributed by atoms with E-state index in [4.69, 9.17) is 0 Å². The molecule has 1 aliphatic heterocycles. The quantitative estimate of drug-likeness (QED) is 0.869. The lowest BCUT2D eigenvalue weighted by Crippen LogP contribution is -2.43. The second-order valence-electron chi connectivity index (χ2n) is 5.05. The van der Waals surface area contributed by atoms with Crippen LogP contribution in [0.15, 0.2) is 29.3 Å². The first-order chi connectivity index (χ1) is 9.14. The predicted octanol–water partition coefficient (Wildman–Crippen LogP) is 1.67. The maximum atomic E-state index is 13.0. The number of rotatable bonds is 3. The van der Waals surface area contributed by atoms with Gasteiger partial charge in [0.15, 0.2) is 5.96 Å². The molecule has 3 rings (SSSR count). The van der Waals surface area contributed by atoms with E-state index in [2.05, 4.69) is 15.6 Å². The van der Waals surface area contributed by atoms with Crippen molar-refractivity contribution in [3.8, 4) is 0 Å². The first kappa shape index (κ1) is 12.1. The number of nitrogens with one attached hydrogen (secondary N) is 2. The number of nitrogens with zero attached hydrogens (tertiary/aromatic N) is 1. The third kappa shape index (κ3) is 2.09. The monoisotopic (exact) mass is 261 g/mol. The van der Waals surface area contributed by atoms with Crippen LogP contribution in [0.4, 0.5) is 4.39 Å². The molecule has 1 aromatic rings. The summed E-state index contributed by atoms with van der Waals surface area (Å²) >= 11 is 0. The van der Waals surface area contributed by atoms with Crippen LogP contribution in [0.25, 0.3) is 0 Å². The molecule has 1 atom stereocenters. The van der Waals surface area contributed by atoms with Crippen molar-refractivity contribution in [2.24, 2.45) is 4.99 Å². The number of carbonyl (C=O) groups is 1. The molecule has 2 N–H and O–H groups in total. The summed E-state index contributed by atoms with van der Waals surface area (Å²) in [5.74, 6) is 0.111. The summed E-state index contributed by atoms with van der Waals surface area (Å²) in [7, 11) is 0. The van der Waals surface area contributed by atoms with Gasteiger partial charge in [0.05, 0.1) is 6.04 Å². The zero-order valence-corrected chi connectivity index (χ0v) is 10.7. The summed E-state index contributed by atoms with van der Waals surface area (Å²) in [4.78, 5) is 16.7. The second kappa shape index (κ2) is 4.33. The molecule has 0 bridgehead atoms. The maximum Gasteiger partial charge on any atom is 0.257 e. The molecule has 2 fully saturated rings. The third-order valence-electron chi connectivity index (χ3n) is 3.68. The summed E-state index contributed by atoms with van der Waals surface area (Å²) in [6, 6.07) is 6.37. The fraction of sp³-hybridized carbons (Fsp3) is 0.429. The SMILES string of the molecule is CCC1(c2ccc(F)cc2)NC(=NC2CC2)NC1=O. The van der Waals surface area contributed by atoms with E-state index in [1.807, 2.05) is 6.92 Å². The standard InChI is InChI=1S/C14H16FN3O/c1-2-14(9-3-5-10(15)6-4-9)12(19)17-13(18-14)16-11-7-8-11/h3-6,11H,2,7-8H2,1H3,(H2,16,17,18,19). The van der Waals surface area contributed by atoms with Gasteiger partial charge < -0.3 is 5.32 Å². The smallest absolute Gasteiger partial charge is 0.257 e. The van der Waals surface area contributed by atoms with E-state index in [1.54, 1.807) is 12.1 Å². The average molecular weight is 261 g/mol. The Morgan fingerprint density at radius 1 is 1.37 bits per heavy atom. The highest BCUT2D eigenvalue weighted by molar-refractivity contribution is 6.09. The van der Waals surface area contributed by atoms with Crippen molar-refractivity contribution in [3.05, 3.63) is 35.6 Å². The molecule has 0 aromatic heterocycles. The molecule has 1 saturated carbocycles. The van der Waals surface area contributed by atoms with Crippen LogP contribution in [0.1, 0.15) is 31.7 Å². The Hall–Kier alpha value is -1.91. The van der Waals surface area contributed by atoms with Gasteiger partial charge in [0, 0.05) is 0 Å². The van der Waals surface area contributed by atoms with Gasteiger partial charge in [-0.15, -0.1) is 0 Å². The summed E-state index contributed by atoms with van der Waals surface area (Å²) in [6.07, 6.45) is 2.74. The van der Waals surface area contributed by atoms with Gasteiger partial charge in [0.2, 0.25) is 0 Å². The molecule has 19 heavy (non-hydrogen) atoms. The zero-order valence-electron chi connectivity index (χ0n) is 10.7. The van der Waals surface area contributed by atoms with E-state index in [1.165, 1.54) is 12.1 Å². The van der Waals surface area contributed by atoms with E-state index in [0.29, 0.717) is 18.4 Å². The number of hydrogen-bond acceptors (Lipinski definition) is 2. The Morgan fingerprint density at radius 2 is 2.05 bits per heavy atom. The van der Waals surface area contributed by atoms with Crippen LogP contribution in [0, 0.1) is 5.82 Å². The van der Waals surface area contributed by atoms with Crippen LogP contribution in [0.5, 0.6) is 0 Å². The van der Waals surface area contributed by atoms with E-state index in [-0.39, 0.29) is 11.7 Å². The molecular weight excluding hydrogens is 245 g/mol. The first-order valence-electron chi connectivity index (χ1n) is 6.57. The van der Waals surface area contributed by atoms with Gasteiger partial charge in [0.1, 0.15) is 11.4 Å². The number of hydrogen-bond donors (Lipinski definition) is 2. The minimum atomic E-state index is -0.832. The van der Waals surface area contributed by atoms with Gasteiger partial charge in [-0.05, 0) is 37.0 Å². The minimum Gasteiger partial charge on any atom is -0.338 e. The topological polar surface area (TPSA) is 53.5 Å². The van der Waals surface area contributed by atoms with Crippen LogP contribution in [0.2, 0.25) is 0 Å². The second-order valence-corrected chi connectivity index (χ2v) is 5.05. The summed E-state index contributed by atoms with van der Waals surface area (Å²) in [5.41, 5.74) is -0.0728. The fourth-order valence-electron chi connectivity index (χ4n) is 2.35. The fourth-order valence-corrected chi connectivity index (χ4v) is 2.35. The molecule has 0 spiro atoms. The lowest BCUT2D eigenvalue weighted by atomic mass is 9.87. The normalized spacial score (nSPS) is 28.3. The van der Waals surface area contributed by atoms with Gasteiger partial charge in [-0.25, -0.2) is 9.38 Å². The number of halogens is 1. The van der Waals surface area contributed by atoms with Gasteiger partial charge in [0.25, 0.3) is 5.91 Å². The Bertz CT molecular complexity index is 536. The Morgan fingerprint density at radius 3 is 2.63 bits per heavy atom. The minimum absolute atomic E-state index is 0.124. The predicted molar refractivity (Wildman–Crippen MR) is 70.1 cm³/mol. The largest absolute Gasteiger partial charge is 0.338 e. The summed E-state index contributed by atoms with van der Waals surface area (Å²) in [5, 5.41) is 5.96. The van der Waals surface area contributed by atoms with Crippen LogP contribution in [0.3, 0.4) is 0 Å². The number of aliphatic imine (C=N–C) groups is 1. The van der Waals surface area contributed by atoms with Crippen molar-refractivity contribution in [2.45, 2.75) is 37.8 Å². The highest BCUT2D eigenvalue weighted by atomic mass is 19.1. The molecule has 4 nitrogen and oxygen atoms in total. The molecule has 1 aliphatic carbocycles. The molecule has 1 heterocycles. The van der Waals surface area contributed by atoms with E-state index in [9.17, 15) is 9.18 Å². The van der Waals surface area contributed by atoms with Crippen LogP contribution >= 0.6 is 0 Å². The maximum absolute atomic E-state index is 13.0. The van der Waals surface area contributed by atoms with Crippen molar-refractivity contribution in [1.29, 1.82) is 0 Å². The van der Waals surface area contributed by atoms with Crippen molar-refractivity contribution in [1.82, 2.24) is 10.6 Å². The van der Waals surface area contributed by atoms with Crippen LogP contribution < -0.4 is 10.6 Å². The lowest BCUT2D eigenvalue weighted by Gasteiger charge is -2.25. The number of benzene rings is 1. The van der Waals surface area contributed by atoms with Crippen LogP contribution in [-0.2, 0) is 10.3 Å². The number of guanidine groups is 1. The molecular formula is C14H16FN3O. The lowest BCUT2D eigenvalue weighted by molar-refractivity contribution is -0.124. The molecule has 5 heteroatoms. The Balaban J connectivity index is 1.94. The number of carbonyl (C=O) groups excluding carboxylic acids is 1. The van der Waals surface area contributed by atoms with Crippen molar-refractivity contribution in [2.75, 3.05) is 0 Å². The van der Waals surface area contributed by atoms with Gasteiger partial charge in [-0.3, -0.25) is 10.1 Å². The zero-order chi connectivity index (χ0) is 13.5. The Labute approximate surface area is 111 Å². The van der Waals surface area contributed by atoms with Crippen molar-refractivity contribution < 1.29 is 9.18 Å². The molecule has 0 radical (unpaired) electrons. The first-order valence-corrected chi connectivity index (χ1v) is 6.57. The highest BCUT2D eigenvalue weighted by Gasteiger charge is 2.45. The molecule has 1 aromatic carbocycles. The molecule has 1 amide bonds. The van der Waals surface area contributed by atoms with E-state index >= 15 is 0 Å². The average Bonchev–Trinajstić information content (AvgIpc) is 3.14. The van der Waals surface area contributed by atoms with Gasteiger partial charge in [-0.1, -0.05) is 19.1 Å². The molecule has 1 saturated heterocycles. The molecule has 100 valence electrons. The molecule has 1 unspecified atom stereocenters. The summed E-state index contributed by atoms with van der Waals surface area (Å²) in [6.45, 7) is 1.93. The van der Waals surface area contributed by atoms with E-state index < -0.39 is 5.54 Å². The Kier molecular flexibility index (Phi) is 2.77. The van der Waals surface area contributed by atoms with E-state index in [0.717, 1.165) is 18.4 Å².